The average molecular weight is 601 g/mol. The SMILES string of the molecule is NCCC1C=Nc2ccc(O)cc21.N[C@H](CC1C=Nc2ccc(O)cc21)C(=O)O.N[C@H](CC1C=Nc2ccccc21)C(=O)O. The number of aliphatic carboxylic acids is 2. The van der Waals surface area contributed by atoms with Gasteiger partial charge in [-0.2, -0.15) is 0 Å². The Hall–Kier alpha value is -4.91. The van der Waals surface area contributed by atoms with Crippen LogP contribution in [-0.4, -0.2) is 69.6 Å². The number of fused-ring (bicyclic) bond motifs is 3. The predicted octanol–water partition coefficient (Wildman–Crippen LogP) is 3.82. The van der Waals surface area contributed by atoms with Gasteiger partial charge in [0, 0.05) is 36.4 Å². The Kier molecular flexibility index (Phi) is 10.6. The molecule has 3 aromatic carbocycles. The smallest absolute Gasteiger partial charge is 0.320 e. The van der Waals surface area contributed by atoms with Gasteiger partial charge < -0.3 is 37.6 Å². The third-order valence-electron chi connectivity index (χ3n) is 7.47. The van der Waals surface area contributed by atoms with Gasteiger partial charge in [-0.25, -0.2) is 0 Å². The molecule has 230 valence electrons. The van der Waals surface area contributed by atoms with Crippen molar-refractivity contribution in [1.29, 1.82) is 0 Å². The third-order valence-corrected chi connectivity index (χ3v) is 7.47. The van der Waals surface area contributed by atoms with E-state index in [0.29, 0.717) is 18.7 Å². The minimum absolute atomic E-state index is 0.0345. The van der Waals surface area contributed by atoms with Crippen molar-refractivity contribution in [3.63, 3.8) is 0 Å². The van der Waals surface area contributed by atoms with Crippen LogP contribution in [0.25, 0.3) is 0 Å². The number of hydrogen-bond acceptors (Lipinski definition) is 10. The van der Waals surface area contributed by atoms with Gasteiger partial charge in [0.1, 0.15) is 23.6 Å². The Morgan fingerprint density at radius 3 is 1.59 bits per heavy atom. The Morgan fingerprint density at radius 1 is 0.659 bits per heavy atom. The van der Waals surface area contributed by atoms with Crippen LogP contribution in [0.3, 0.4) is 0 Å². The van der Waals surface area contributed by atoms with Crippen molar-refractivity contribution < 1.29 is 30.0 Å². The maximum absolute atomic E-state index is 10.6. The van der Waals surface area contributed by atoms with Crippen molar-refractivity contribution in [1.82, 2.24) is 0 Å². The molecule has 6 rings (SSSR count). The zero-order chi connectivity index (χ0) is 31.8. The first-order valence-corrected chi connectivity index (χ1v) is 14.1. The summed E-state index contributed by atoms with van der Waals surface area (Å²) in [5, 5.41) is 36.1. The van der Waals surface area contributed by atoms with Crippen molar-refractivity contribution >= 4 is 47.6 Å². The fourth-order valence-electron chi connectivity index (χ4n) is 5.12. The van der Waals surface area contributed by atoms with E-state index in [9.17, 15) is 19.8 Å². The largest absolute Gasteiger partial charge is 0.508 e. The highest BCUT2D eigenvalue weighted by atomic mass is 16.4. The maximum atomic E-state index is 10.6. The fourth-order valence-corrected chi connectivity index (χ4v) is 5.12. The number of aliphatic imine (C=N–C) groups is 3. The number of nitrogens with two attached hydrogens (primary N) is 3. The molecule has 44 heavy (non-hydrogen) atoms. The number of phenols is 2. The molecule has 0 aromatic heterocycles. The van der Waals surface area contributed by atoms with Gasteiger partial charge in [-0.3, -0.25) is 24.6 Å². The van der Waals surface area contributed by atoms with E-state index in [-0.39, 0.29) is 29.9 Å². The van der Waals surface area contributed by atoms with Gasteiger partial charge >= 0.3 is 11.9 Å². The van der Waals surface area contributed by atoms with Crippen LogP contribution < -0.4 is 17.2 Å². The summed E-state index contributed by atoms with van der Waals surface area (Å²) in [6.07, 6.45) is 6.92. The van der Waals surface area contributed by atoms with E-state index in [1.54, 1.807) is 42.8 Å². The number of para-hydroxylation sites is 1. The number of phenolic OH excluding ortho intramolecular Hbond substituents is 2. The van der Waals surface area contributed by atoms with Crippen LogP contribution in [0.4, 0.5) is 17.1 Å². The van der Waals surface area contributed by atoms with Crippen LogP contribution in [-0.2, 0) is 9.59 Å². The van der Waals surface area contributed by atoms with Crippen LogP contribution in [0.2, 0.25) is 0 Å². The lowest BCUT2D eigenvalue weighted by molar-refractivity contribution is -0.139. The van der Waals surface area contributed by atoms with Gasteiger partial charge in [0.05, 0.1) is 17.1 Å². The molecule has 3 heterocycles. The first-order valence-electron chi connectivity index (χ1n) is 14.1. The molecule has 0 spiro atoms. The van der Waals surface area contributed by atoms with E-state index >= 15 is 0 Å². The third kappa shape index (κ3) is 7.92. The first kappa shape index (κ1) is 32.0. The summed E-state index contributed by atoms with van der Waals surface area (Å²) >= 11 is 0. The lowest BCUT2D eigenvalue weighted by Crippen LogP contribution is -2.31. The molecule has 10 N–H and O–H groups in total. The molecule has 5 atom stereocenters. The number of aromatic hydroxyl groups is 2. The van der Waals surface area contributed by atoms with Gasteiger partial charge in [-0.15, -0.1) is 0 Å². The van der Waals surface area contributed by atoms with E-state index in [0.717, 1.165) is 40.2 Å². The first-order chi connectivity index (χ1) is 21.1. The van der Waals surface area contributed by atoms with Crippen molar-refractivity contribution in [3.05, 3.63) is 77.4 Å². The van der Waals surface area contributed by atoms with Crippen molar-refractivity contribution in [3.8, 4) is 11.5 Å². The van der Waals surface area contributed by atoms with Gasteiger partial charge in [-0.05, 0) is 85.0 Å². The molecule has 3 aliphatic rings. The minimum atomic E-state index is -1.03. The van der Waals surface area contributed by atoms with E-state index in [2.05, 4.69) is 15.0 Å². The van der Waals surface area contributed by atoms with E-state index in [1.165, 1.54) is 0 Å². The molecule has 3 unspecified atom stereocenters. The van der Waals surface area contributed by atoms with Crippen LogP contribution in [0.1, 0.15) is 53.7 Å². The van der Waals surface area contributed by atoms with Gasteiger partial charge in [0.25, 0.3) is 0 Å². The van der Waals surface area contributed by atoms with Crippen LogP contribution in [0, 0.1) is 0 Å². The monoisotopic (exact) mass is 600 g/mol. The number of benzene rings is 3. The molecule has 0 fully saturated rings. The van der Waals surface area contributed by atoms with E-state index in [4.69, 9.17) is 27.4 Å². The zero-order valence-corrected chi connectivity index (χ0v) is 23.9. The topological polar surface area (TPSA) is 230 Å². The number of carbonyl (C=O) groups is 2. The molecular weight excluding hydrogens is 564 g/mol. The molecular formula is C32H36N6O6. The molecule has 0 saturated heterocycles. The lowest BCUT2D eigenvalue weighted by Gasteiger charge is -2.12. The minimum Gasteiger partial charge on any atom is -0.508 e. The molecule has 12 nitrogen and oxygen atoms in total. The van der Waals surface area contributed by atoms with E-state index in [1.807, 2.05) is 36.5 Å². The lowest BCUT2D eigenvalue weighted by atomic mass is 9.94. The molecule has 0 bridgehead atoms. The van der Waals surface area contributed by atoms with Gasteiger partial charge in [-0.1, -0.05) is 18.2 Å². The second kappa shape index (κ2) is 14.5. The van der Waals surface area contributed by atoms with Crippen molar-refractivity contribution in [2.75, 3.05) is 6.54 Å². The molecule has 0 amide bonds. The zero-order valence-electron chi connectivity index (χ0n) is 23.9. The molecule has 0 saturated carbocycles. The fraction of sp³-hybridized carbons (Fsp3) is 0.281. The Labute approximate surface area is 254 Å². The molecule has 0 aliphatic carbocycles. The number of nitrogens with zero attached hydrogens (tertiary/aromatic N) is 3. The quantitative estimate of drug-likeness (QED) is 0.199. The maximum Gasteiger partial charge on any atom is 0.320 e. The highest BCUT2D eigenvalue weighted by Gasteiger charge is 2.25. The summed E-state index contributed by atoms with van der Waals surface area (Å²) in [5.41, 5.74) is 22.1. The van der Waals surface area contributed by atoms with Crippen molar-refractivity contribution in [2.45, 2.75) is 49.1 Å². The highest BCUT2D eigenvalue weighted by Crippen LogP contribution is 2.37. The Balaban J connectivity index is 0.000000151. The Morgan fingerprint density at radius 2 is 1.09 bits per heavy atom. The van der Waals surface area contributed by atoms with Crippen LogP contribution >= 0.6 is 0 Å². The predicted molar refractivity (Wildman–Crippen MR) is 169 cm³/mol. The molecule has 3 aliphatic heterocycles. The number of carboxylic acids is 2. The average Bonchev–Trinajstić information content (AvgIpc) is 3.71. The van der Waals surface area contributed by atoms with E-state index < -0.39 is 24.0 Å². The summed E-state index contributed by atoms with van der Waals surface area (Å²) in [7, 11) is 0. The van der Waals surface area contributed by atoms with Gasteiger partial charge in [0.2, 0.25) is 0 Å². The summed E-state index contributed by atoms with van der Waals surface area (Å²) in [4.78, 5) is 33.9. The molecule has 0 radical (unpaired) electrons. The second-order valence-corrected chi connectivity index (χ2v) is 10.6. The highest BCUT2D eigenvalue weighted by molar-refractivity contribution is 5.84. The Bertz CT molecular complexity index is 1590. The summed E-state index contributed by atoms with van der Waals surface area (Å²) in [6.45, 7) is 0.645. The standard InChI is InChI=1S/C11H12N2O3.C11H12N2O2.C10H12N2O/c12-9(11(15)16)3-6-5-13-10-2-1-7(14)4-8(6)10;12-9(11(14)15)5-7-6-13-10-4-2-1-3-8(7)10;11-4-3-7-6-12-10-2-1-8(13)5-9(7)10/h1-2,4-6,9,14H,3,12H2,(H,15,16);1-4,6-7,9H,5,12H2,(H,14,15);1-2,5-7,13H,3-4,11H2/t6?,9-;7?,9-;/m11./s1. The van der Waals surface area contributed by atoms with Crippen molar-refractivity contribution in [2.24, 2.45) is 32.2 Å². The number of rotatable bonds is 8. The van der Waals surface area contributed by atoms with Gasteiger partial charge in [0.15, 0.2) is 0 Å². The van der Waals surface area contributed by atoms with Crippen LogP contribution in [0.5, 0.6) is 11.5 Å². The summed E-state index contributed by atoms with van der Waals surface area (Å²) in [6, 6.07) is 16.1. The summed E-state index contributed by atoms with van der Waals surface area (Å²) < 4.78 is 0. The molecule has 12 heteroatoms. The summed E-state index contributed by atoms with van der Waals surface area (Å²) in [5.74, 6) is -1.35. The second-order valence-electron chi connectivity index (χ2n) is 10.6. The number of carboxylic acid groups (broad SMARTS) is 2. The normalized spacial score (nSPS) is 19.5. The van der Waals surface area contributed by atoms with Crippen LogP contribution in [0.15, 0.2) is 75.6 Å². The molecule has 3 aromatic rings. The number of hydrogen-bond donors (Lipinski definition) is 7.